The van der Waals surface area contributed by atoms with Gasteiger partial charge in [-0.3, -0.25) is 4.79 Å². The highest BCUT2D eigenvalue weighted by atomic mass is 35.5. The first-order chi connectivity index (χ1) is 23.9. The summed E-state index contributed by atoms with van der Waals surface area (Å²) >= 11 is 7.79. The maximum atomic E-state index is 12.9. The van der Waals surface area contributed by atoms with Gasteiger partial charge in [0.15, 0.2) is 16.6 Å². The molecule has 8 nitrogen and oxygen atoms in total. The summed E-state index contributed by atoms with van der Waals surface area (Å²) in [5.41, 5.74) is 9.51. The van der Waals surface area contributed by atoms with Crippen LogP contribution in [0.3, 0.4) is 0 Å². The maximum Gasteiger partial charge on any atom is 0.271 e. The van der Waals surface area contributed by atoms with Crippen LogP contribution in [0.1, 0.15) is 32.6 Å². The van der Waals surface area contributed by atoms with Crippen LogP contribution in [0.5, 0.6) is 17.2 Å². The Balaban J connectivity index is 1.04. The zero-order valence-electron chi connectivity index (χ0n) is 26.9. The molecule has 0 radical (unpaired) electrons. The third-order valence-electron chi connectivity index (χ3n) is 7.45. The minimum Gasteiger partial charge on any atom is -0.493 e. The first-order valence-corrected chi connectivity index (χ1v) is 16.7. The molecule has 0 saturated carbocycles. The van der Waals surface area contributed by atoms with Crippen LogP contribution in [0, 0.1) is 6.92 Å². The number of benzene rings is 5. The van der Waals surface area contributed by atoms with E-state index in [1.807, 2.05) is 78.2 Å². The second-order valence-corrected chi connectivity index (χ2v) is 12.3. The molecule has 0 aliphatic heterocycles. The first-order valence-electron chi connectivity index (χ1n) is 15.4. The van der Waals surface area contributed by atoms with Gasteiger partial charge in [0.1, 0.15) is 19.0 Å². The van der Waals surface area contributed by atoms with Crippen LogP contribution in [-0.4, -0.2) is 24.2 Å². The van der Waals surface area contributed by atoms with E-state index in [0.717, 1.165) is 33.2 Å². The lowest BCUT2D eigenvalue weighted by Gasteiger charge is -2.14. The predicted octanol–water partition coefficient (Wildman–Crippen LogP) is 9.45. The van der Waals surface area contributed by atoms with E-state index in [9.17, 15) is 4.79 Å². The number of carbonyl (C=O) groups is 1. The lowest BCUT2D eigenvalue weighted by molar-refractivity contribution is 0.0955. The van der Waals surface area contributed by atoms with E-state index >= 15 is 0 Å². The fourth-order valence-corrected chi connectivity index (χ4v) is 5.73. The van der Waals surface area contributed by atoms with E-state index < -0.39 is 0 Å². The smallest absolute Gasteiger partial charge is 0.271 e. The molecule has 1 aromatic heterocycles. The molecule has 0 spiro atoms. The molecule has 0 unspecified atom stereocenters. The molecular formula is C39H33ClN4O4S. The SMILES string of the molecule is COc1cc(COc2ccc(Cl)cc2/C=N/NC(=O)c2ccc(-c3csc(Nc4ccc(C)cc4)n3)cc2)ccc1OCc1ccccc1. The Hall–Kier alpha value is -5.64. The van der Waals surface area contributed by atoms with E-state index in [4.69, 9.17) is 25.8 Å². The molecule has 0 aliphatic rings. The fraction of sp³-hybridized carbons (Fsp3) is 0.103. The standard InChI is InChI=1S/C39H33ClN4O4S/c1-26-8-16-33(17-9-26)42-39-43-34(25-49-39)29-11-13-30(14-12-29)38(45)44-41-22-31-21-32(40)15-19-35(31)47-24-28-10-18-36(37(20-28)46-2)48-23-27-6-4-3-5-7-27/h3-22,25H,23-24H2,1-2H3,(H,42,43)(H,44,45)/b41-22+. The Labute approximate surface area is 294 Å². The number of hydrogen-bond donors (Lipinski definition) is 2. The van der Waals surface area contributed by atoms with Crippen molar-refractivity contribution in [1.29, 1.82) is 0 Å². The quantitative estimate of drug-likeness (QED) is 0.0928. The third kappa shape index (κ3) is 9.04. The van der Waals surface area contributed by atoms with Gasteiger partial charge in [0, 0.05) is 32.8 Å². The van der Waals surface area contributed by atoms with Crippen LogP contribution in [0.25, 0.3) is 11.3 Å². The summed E-state index contributed by atoms with van der Waals surface area (Å²) in [6.45, 7) is 2.75. The summed E-state index contributed by atoms with van der Waals surface area (Å²) in [5, 5.41) is 10.8. The highest BCUT2D eigenvalue weighted by molar-refractivity contribution is 7.14. The number of halogens is 1. The lowest BCUT2D eigenvalue weighted by atomic mass is 10.1. The monoisotopic (exact) mass is 688 g/mol. The van der Waals surface area contributed by atoms with E-state index in [0.29, 0.717) is 40.0 Å². The number of hydrogen-bond acceptors (Lipinski definition) is 8. The molecule has 0 aliphatic carbocycles. The van der Waals surface area contributed by atoms with Crippen molar-refractivity contribution in [3.63, 3.8) is 0 Å². The number of aryl methyl sites for hydroxylation is 1. The van der Waals surface area contributed by atoms with Gasteiger partial charge in [0.25, 0.3) is 5.91 Å². The summed E-state index contributed by atoms with van der Waals surface area (Å²) < 4.78 is 17.7. The fourth-order valence-electron chi connectivity index (χ4n) is 4.81. The highest BCUT2D eigenvalue weighted by Gasteiger charge is 2.11. The number of nitrogens with one attached hydrogen (secondary N) is 2. The van der Waals surface area contributed by atoms with Crippen molar-refractivity contribution in [3.05, 3.63) is 153 Å². The number of hydrazone groups is 1. The number of rotatable bonds is 13. The Morgan fingerprint density at radius 2 is 1.57 bits per heavy atom. The summed E-state index contributed by atoms with van der Waals surface area (Å²) in [6, 6.07) is 36.2. The number of ether oxygens (including phenoxy) is 3. The molecule has 0 bridgehead atoms. The molecule has 49 heavy (non-hydrogen) atoms. The zero-order valence-corrected chi connectivity index (χ0v) is 28.4. The van der Waals surface area contributed by atoms with Gasteiger partial charge in [-0.25, -0.2) is 10.4 Å². The molecule has 0 saturated heterocycles. The van der Waals surface area contributed by atoms with E-state index in [1.54, 1.807) is 37.4 Å². The highest BCUT2D eigenvalue weighted by Crippen LogP contribution is 2.31. The van der Waals surface area contributed by atoms with Gasteiger partial charge < -0.3 is 19.5 Å². The van der Waals surface area contributed by atoms with Gasteiger partial charge in [-0.1, -0.05) is 77.8 Å². The number of carbonyl (C=O) groups excluding carboxylic acids is 1. The second-order valence-electron chi connectivity index (χ2n) is 11.0. The molecule has 2 N–H and O–H groups in total. The molecule has 246 valence electrons. The summed E-state index contributed by atoms with van der Waals surface area (Å²) in [6.07, 6.45) is 1.51. The van der Waals surface area contributed by atoms with Gasteiger partial charge in [0.2, 0.25) is 0 Å². The van der Waals surface area contributed by atoms with Gasteiger partial charge >= 0.3 is 0 Å². The minimum atomic E-state index is -0.353. The summed E-state index contributed by atoms with van der Waals surface area (Å²) in [5.74, 6) is 1.45. The predicted molar refractivity (Wildman–Crippen MR) is 197 cm³/mol. The average Bonchev–Trinajstić information content (AvgIpc) is 3.60. The van der Waals surface area contributed by atoms with Crippen molar-refractivity contribution >= 4 is 45.9 Å². The van der Waals surface area contributed by atoms with Crippen LogP contribution in [-0.2, 0) is 13.2 Å². The molecule has 6 rings (SSSR count). The van der Waals surface area contributed by atoms with Crippen molar-refractivity contribution in [2.75, 3.05) is 12.4 Å². The number of anilines is 2. The van der Waals surface area contributed by atoms with Gasteiger partial charge in [0.05, 0.1) is 19.0 Å². The Kier molecular flexibility index (Phi) is 10.8. The number of thiazole rings is 1. The van der Waals surface area contributed by atoms with Crippen LogP contribution in [0.15, 0.2) is 126 Å². The number of amides is 1. The Bertz CT molecular complexity index is 2050. The first kappa shape index (κ1) is 33.3. The minimum absolute atomic E-state index is 0.263. The Morgan fingerprint density at radius 3 is 2.35 bits per heavy atom. The maximum absolute atomic E-state index is 12.9. The van der Waals surface area contributed by atoms with Gasteiger partial charge in [-0.2, -0.15) is 5.10 Å². The number of aromatic nitrogens is 1. The molecule has 0 fully saturated rings. The van der Waals surface area contributed by atoms with E-state index in [1.165, 1.54) is 23.1 Å². The van der Waals surface area contributed by atoms with Crippen molar-refractivity contribution in [3.8, 4) is 28.5 Å². The van der Waals surface area contributed by atoms with Crippen molar-refractivity contribution in [2.45, 2.75) is 20.1 Å². The van der Waals surface area contributed by atoms with E-state index in [-0.39, 0.29) is 12.5 Å². The van der Waals surface area contributed by atoms with Crippen molar-refractivity contribution in [1.82, 2.24) is 10.4 Å². The number of nitrogens with zero attached hydrogens (tertiary/aromatic N) is 2. The van der Waals surface area contributed by atoms with Crippen molar-refractivity contribution in [2.24, 2.45) is 5.10 Å². The molecule has 0 atom stereocenters. The largest absolute Gasteiger partial charge is 0.493 e. The summed E-state index contributed by atoms with van der Waals surface area (Å²) in [7, 11) is 1.60. The number of methoxy groups -OCH3 is 1. The van der Waals surface area contributed by atoms with Gasteiger partial charge in [-0.15, -0.1) is 11.3 Å². The second kappa shape index (κ2) is 16.0. The van der Waals surface area contributed by atoms with Crippen LogP contribution < -0.4 is 25.0 Å². The molecular weight excluding hydrogens is 656 g/mol. The lowest BCUT2D eigenvalue weighted by Crippen LogP contribution is -2.17. The zero-order chi connectivity index (χ0) is 34.0. The van der Waals surface area contributed by atoms with E-state index in [2.05, 4.69) is 39.9 Å². The third-order valence-corrected chi connectivity index (χ3v) is 8.44. The van der Waals surface area contributed by atoms with Crippen molar-refractivity contribution < 1.29 is 19.0 Å². The summed E-state index contributed by atoms with van der Waals surface area (Å²) in [4.78, 5) is 17.5. The molecule has 5 aromatic carbocycles. The molecule has 1 heterocycles. The topological polar surface area (TPSA) is 94.1 Å². The molecule has 10 heteroatoms. The van der Waals surface area contributed by atoms with Crippen LogP contribution in [0.2, 0.25) is 5.02 Å². The van der Waals surface area contributed by atoms with Crippen LogP contribution in [0.4, 0.5) is 10.8 Å². The Morgan fingerprint density at radius 1 is 0.837 bits per heavy atom. The van der Waals surface area contributed by atoms with Crippen LogP contribution >= 0.6 is 22.9 Å². The molecule has 1 amide bonds. The normalized spacial score (nSPS) is 10.9. The average molecular weight is 689 g/mol. The van der Waals surface area contributed by atoms with Gasteiger partial charge in [-0.05, 0) is 72.6 Å². The molecule has 6 aromatic rings.